The zero-order chi connectivity index (χ0) is 11.3. The SMILES string of the molecule is CC=CC(=O)N1CCC(CC)(CC)CC1. The molecule has 0 N–H and O–H groups in total. The Morgan fingerprint density at radius 2 is 1.80 bits per heavy atom. The van der Waals surface area contributed by atoms with Crippen LogP contribution in [-0.2, 0) is 4.79 Å². The van der Waals surface area contributed by atoms with Gasteiger partial charge in [0.1, 0.15) is 0 Å². The van der Waals surface area contributed by atoms with Crippen LogP contribution in [0.25, 0.3) is 0 Å². The van der Waals surface area contributed by atoms with Crippen LogP contribution in [0.4, 0.5) is 0 Å². The molecule has 0 aromatic heterocycles. The van der Waals surface area contributed by atoms with Crippen molar-refractivity contribution < 1.29 is 4.79 Å². The lowest BCUT2D eigenvalue weighted by Crippen LogP contribution is -2.42. The van der Waals surface area contributed by atoms with E-state index in [2.05, 4.69) is 13.8 Å². The van der Waals surface area contributed by atoms with Gasteiger partial charge in [0.2, 0.25) is 5.91 Å². The molecule has 2 nitrogen and oxygen atoms in total. The van der Waals surface area contributed by atoms with Crippen molar-refractivity contribution in [2.45, 2.75) is 46.5 Å². The van der Waals surface area contributed by atoms with Crippen molar-refractivity contribution in [1.82, 2.24) is 4.90 Å². The van der Waals surface area contributed by atoms with Crippen LogP contribution in [0.3, 0.4) is 0 Å². The molecule has 0 radical (unpaired) electrons. The molecule has 1 aliphatic rings. The fourth-order valence-electron chi connectivity index (χ4n) is 2.41. The Morgan fingerprint density at radius 3 is 2.20 bits per heavy atom. The van der Waals surface area contributed by atoms with Crippen LogP contribution >= 0.6 is 0 Å². The van der Waals surface area contributed by atoms with Crippen LogP contribution < -0.4 is 0 Å². The van der Waals surface area contributed by atoms with Crippen LogP contribution in [0.1, 0.15) is 46.5 Å². The number of carbonyl (C=O) groups is 1. The number of carbonyl (C=O) groups excluding carboxylic acids is 1. The van der Waals surface area contributed by atoms with Crippen molar-refractivity contribution in [3.63, 3.8) is 0 Å². The van der Waals surface area contributed by atoms with Crippen molar-refractivity contribution in [1.29, 1.82) is 0 Å². The molecule has 1 amide bonds. The minimum absolute atomic E-state index is 0.179. The second-order valence-corrected chi connectivity index (χ2v) is 4.53. The van der Waals surface area contributed by atoms with E-state index < -0.39 is 0 Å². The molecule has 0 atom stereocenters. The van der Waals surface area contributed by atoms with E-state index in [0.717, 1.165) is 13.1 Å². The van der Waals surface area contributed by atoms with Crippen LogP contribution in [0.2, 0.25) is 0 Å². The first kappa shape index (κ1) is 12.3. The van der Waals surface area contributed by atoms with Crippen molar-refractivity contribution in [2.24, 2.45) is 5.41 Å². The van der Waals surface area contributed by atoms with Crippen LogP contribution in [0.15, 0.2) is 12.2 Å². The molecule has 86 valence electrons. The zero-order valence-corrected chi connectivity index (χ0v) is 10.3. The number of hydrogen-bond donors (Lipinski definition) is 0. The normalized spacial score (nSPS) is 20.9. The molecule has 0 bridgehead atoms. The fourth-order valence-corrected chi connectivity index (χ4v) is 2.41. The molecule has 0 aliphatic carbocycles. The van der Waals surface area contributed by atoms with Crippen molar-refractivity contribution in [2.75, 3.05) is 13.1 Å². The molecular formula is C13H23NO. The predicted molar refractivity (Wildman–Crippen MR) is 63.6 cm³/mol. The number of piperidine rings is 1. The topological polar surface area (TPSA) is 20.3 Å². The first-order valence-corrected chi connectivity index (χ1v) is 6.09. The van der Waals surface area contributed by atoms with Crippen LogP contribution in [-0.4, -0.2) is 23.9 Å². The van der Waals surface area contributed by atoms with Crippen molar-refractivity contribution >= 4 is 5.91 Å². The average molecular weight is 209 g/mol. The van der Waals surface area contributed by atoms with E-state index in [0.29, 0.717) is 5.41 Å². The molecule has 2 heteroatoms. The fraction of sp³-hybridized carbons (Fsp3) is 0.769. The molecule has 1 fully saturated rings. The van der Waals surface area contributed by atoms with Gasteiger partial charge in [-0.15, -0.1) is 0 Å². The van der Waals surface area contributed by atoms with Gasteiger partial charge in [0, 0.05) is 13.1 Å². The highest BCUT2D eigenvalue weighted by Crippen LogP contribution is 2.37. The van der Waals surface area contributed by atoms with Crippen LogP contribution in [0.5, 0.6) is 0 Å². The second kappa shape index (κ2) is 5.34. The van der Waals surface area contributed by atoms with Crippen molar-refractivity contribution in [3.05, 3.63) is 12.2 Å². The smallest absolute Gasteiger partial charge is 0.246 e. The van der Waals surface area contributed by atoms with E-state index in [1.54, 1.807) is 6.08 Å². The quantitative estimate of drug-likeness (QED) is 0.654. The summed E-state index contributed by atoms with van der Waals surface area (Å²) < 4.78 is 0. The van der Waals surface area contributed by atoms with E-state index in [1.165, 1.54) is 25.7 Å². The average Bonchev–Trinajstić information content (AvgIpc) is 2.29. The summed E-state index contributed by atoms with van der Waals surface area (Å²) in [4.78, 5) is 13.6. The van der Waals surface area contributed by atoms with Gasteiger partial charge >= 0.3 is 0 Å². The summed E-state index contributed by atoms with van der Waals surface area (Å²) in [6.07, 6.45) is 8.33. The Kier molecular flexibility index (Phi) is 4.37. The Bertz CT molecular complexity index is 231. The maximum absolute atomic E-state index is 11.6. The van der Waals surface area contributed by atoms with E-state index in [-0.39, 0.29) is 5.91 Å². The van der Waals surface area contributed by atoms with E-state index in [1.807, 2.05) is 17.9 Å². The number of amides is 1. The Balaban J connectivity index is 2.51. The van der Waals surface area contributed by atoms with E-state index >= 15 is 0 Å². The highest BCUT2D eigenvalue weighted by Gasteiger charge is 2.32. The molecule has 1 heterocycles. The summed E-state index contributed by atoms with van der Waals surface area (Å²) in [5, 5.41) is 0. The van der Waals surface area contributed by atoms with Gasteiger partial charge in [-0.2, -0.15) is 0 Å². The lowest BCUT2D eigenvalue weighted by atomic mass is 9.74. The molecule has 0 aromatic carbocycles. The molecule has 1 aliphatic heterocycles. The second-order valence-electron chi connectivity index (χ2n) is 4.53. The molecule has 0 spiro atoms. The first-order chi connectivity index (χ1) is 7.17. The molecule has 0 aromatic rings. The zero-order valence-electron chi connectivity index (χ0n) is 10.3. The summed E-state index contributed by atoms with van der Waals surface area (Å²) in [7, 11) is 0. The van der Waals surface area contributed by atoms with Crippen LogP contribution in [0, 0.1) is 5.41 Å². The number of rotatable bonds is 3. The predicted octanol–water partition coefficient (Wildman–Crippen LogP) is 2.99. The van der Waals surface area contributed by atoms with Gasteiger partial charge in [-0.05, 0) is 31.3 Å². The molecule has 1 rings (SSSR count). The van der Waals surface area contributed by atoms with Crippen molar-refractivity contribution in [3.8, 4) is 0 Å². The lowest BCUT2D eigenvalue weighted by Gasteiger charge is -2.40. The third-order valence-corrected chi connectivity index (χ3v) is 3.95. The number of allylic oxidation sites excluding steroid dienone is 1. The Labute approximate surface area is 93.3 Å². The molecule has 15 heavy (non-hydrogen) atoms. The van der Waals surface area contributed by atoms with E-state index in [9.17, 15) is 4.79 Å². The largest absolute Gasteiger partial charge is 0.339 e. The monoisotopic (exact) mass is 209 g/mol. The minimum atomic E-state index is 0.179. The summed E-state index contributed by atoms with van der Waals surface area (Å²) in [6, 6.07) is 0. The molecule has 1 saturated heterocycles. The summed E-state index contributed by atoms with van der Waals surface area (Å²) in [6.45, 7) is 8.31. The number of nitrogens with zero attached hydrogens (tertiary/aromatic N) is 1. The van der Waals surface area contributed by atoms with Gasteiger partial charge in [0.05, 0.1) is 0 Å². The van der Waals surface area contributed by atoms with Gasteiger partial charge in [-0.3, -0.25) is 4.79 Å². The summed E-state index contributed by atoms with van der Waals surface area (Å²) >= 11 is 0. The van der Waals surface area contributed by atoms with Gasteiger partial charge in [0.25, 0.3) is 0 Å². The highest BCUT2D eigenvalue weighted by atomic mass is 16.2. The third kappa shape index (κ3) is 2.83. The van der Waals surface area contributed by atoms with Gasteiger partial charge in [0.15, 0.2) is 0 Å². The van der Waals surface area contributed by atoms with E-state index in [4.69, 9.17) is 0 Å². The molecular weight excluding hydrogens is 186 g/mol. The maximum Gasteiger partial charge on any atom is 0.246 e. The summed E-state index contributed by atoms with van der Waals surface area (Å²) in [5.41, 5.74) is 0.507. The molecule has 0 saturated carbocycles. The number of hydrogen-bond acceptors (Lipinski definition) is 1. The minimum Gasteiger partial charge on any atom is -0.339 e. The Morgan fingerprint density at radius 1 is 1.27 bits per heavy atom. The maximum atomic E-state index is 11.6. The van der Waals surface area contributed by atoms with Gasteiger partial charge in [-0.25, -0.2) is 0 Å². The standard InChI is InChI=1S/C13H23NO/c1-4-7-12(15)14-10-8-13(5-2,6-3)9-11-14/h4,7H,5-6,8-11H2,1-3H3. The number of likely N-dealkylation sites (tertiary alicyclic amines) is 1. The highest BCUT2D eigenvalue weighted by molar-refractivity contribution is 5.87. The summed E-state index contributed by atoms with van der Waals surface area (Å²) in [5.74, 6) is 0.179. The lowest BCUT2D eigenvalue weighted by molar-refractivity contribution is -0.128. The van der Waals surface area contributed by atoms with Gasteiger partial charge in [-0.1, -0.05) is 32.8 Å². The first-order valence-electron chi connectivity index (χ1n) is 6.09. The molecule has 0 unspecified atom stereocenters. The van der Waals surface area contributed by atoms with Gasteiger partial charge < -0.3 is 4.90 Å². The third-order valence-electron chi connectivity index (χ3n) is 3.95. The Hall–Kier alpha value is -0.790.